The maximum absolute atomic E-state index is 11.3. The van der Waals surface area contributed by atoms with Crippen LogP contribution in [0, 0.1) is 5.92 Å². The molecule has 8 heteroatoms. The number of hydrogen-bond donors (Lipinski definition) is 5. The first kappa shape index (κ1) is 20.2. The van der Waals surface area contributed by atoms with Gasteiger partial charge in [-0.2, -0.15) is 0 Å². The van der Waals surface area contributed by atoms with Crippen molar-refractivity contribution in [1.82, 2.24) is 5.32 Å². The Kier molecular flexibility index (Phi) is 5.02. The molecular formula is C22H29NO7. The average Bonchev–Trinajstić information content (AvgIpc) is 2.74. The number of ether oxygens (including phenoxy) is 2. The Balaban J connectivity index is 1.44. The van der Waals surface area contributed by atoms with E-state index in [-0.39, 0.29) is 5.41 Å². The first-order valence-corrected chi connectivity index (χ1v) is 10.9. The largest absolute Gasteiger partial charge is 0.479 e. The lowest BCUT2D eigenvalue weighted by atomic mass is 9.53. The third kappa shape index (κ3) is 3.05. The molecule has 0 amide bonds. The van der Waals surface area contributed by atoms with Crippen molar-refractivity contribution in [2.24, 2.45) is 5.92 Å². The van der Waals surface area contributed by atoms with Crippen LogP contribution in [0.3, 0.4) is 0 Å². The van der Waals surface area contributed by atoms with Gasteiger partial charge in [-0.15, -0.1) is 0 Å². The smallest absolute Gasteiger partial charge is 0.335 e. The monoisotopic (exact) mass is 419 g/mol. The van der Waals surface area contributed by atoms with Crippen molar-refractivity contribution in [2.45, 2.75) is 80.7 Å². The van der Waals surface area contributed by atoms with Crippen LogP contribution in [-0.4, -0.2) is 69.7 Å². The zero-order valence-corrected chi connectivity index (χ0v) is 16.7. The number of aliphatic carboxylic acids is 1. The molecule has 8 atom stereocenters. The molecular weight excluding hydrogens is 390 g/mol. The Morgan fingerprint density at radius 3 is 2.77 bits per heavy atom. The summed E-state index contributed by atoms with van der Waals surface area (Å²) in [5.41, 5.74) is 2.73. The van der Waals surface area contributed by atoms with Gasteiger partial charge in [0.05, 0.1) is 0 Å². The average molecular weight is 419 g/mol. The van der Waals surface area contributed by atoms with Crippen LogP contribution in [0.4, 0.5) is 0 Å². The Labute approximate surface area is 174 Å². The molecule has 164 valence electrons. The second kappa shape index (κ2) is 7.46. The molecule has 5 rings (SSSR count). The van der Waals surface area contributed by atoms with E-state index in [1.54, 1.807) is 6.07 Å². The van der Waals surface area contributed by atoms with Crippen molar-refractivity contribution in [3.63, 3.8) is 0 Å². The van der Waals surface area contributed by atoms with Crippen LogP contribution in [0.15, 0.2) is 18.2 Å². The number of rotatable bonds is 3. The van der Waals surface area contributed by atoms with E-state index in [4.69, 9.17) is 9.47 Å². The van der Waals surface area contributed by atoms with E-state index in [9.17, 15) is 25.2 Å². The highest BCUT2D eigenvalue weighted by atomic mass is 16.7. The summed E-state index contributed by atoms with van der Waals surface area (Å²) in [5, 5.41) is 43.1. The molecule has 2 heterocycles. The van der Waals surface area contributed by atoms with E-state index >= 15 is 0 Å². The molecule has 30 heavy (non-hydrogen) atoms. The molecule has 3 fully saturated rings. The van der Waals surface area contributed by atoms with Gasteiger partial charge in [-0.1, -0.05) is 18.9 Å². The summed E-state index contributed by atoms with van der Waals surface area (Å²) in [6.45, 7) is 1.00. The second-order valence-electron chi connectivity index (χ2n) is 9.20. The molecule has 2 aliphatic carbocycles. The third-order valence-electron chi connectivity index (χ3n) is 7.68. The predicted molar refractivity (Wildman–Crippen MR) is 105 cm³/mol. The van der Waals surface area contributed by atoms with Crippen LogP contribution in [0.2, 0.25) is 0 Å². The van der Waals surface area contributed by atoms with Gasteiger partial charge in [-0.3, -0.25) is 0 Å². The van der Waals surface area contributed by atoms with Crippen molar-refractivity contribution in [1.29, 1.82) is 0 Å². The van der Waals surface area contributed by atoms with Gasteiger partial charge in [-0.05, 0) is 61.4 Å². The van der Waals surface area contributed by atoms with E-state index in [0.29, 0.717) is 17.7 Å². The fraction of sp³-hybridized carbons (Fsp3) is 0.682. The summed E-state index contributed by atoms with van der Waals surface area (Å²) in [6, 6.07) is 6.37. The Morgan fingerprint density at radius 2 is 1.97 bits per heavy atom. The van der Waals surface area contributed by atoms with E-state index in [2.05, 4.69) is 5.32 Å². The highest BCUT2D eigenvalue weighted by Crippen LogP contribution is 2.54. The van der Waals surface area contributed by atoms with Crippen molar-refractivity contribution < 1.29 is 34.7 Å². The molecule has 0 aromatic heterocycles. The number of piperidine rings is 1. The molecule has 0 radical (unpaired) electrons. The van der Waals surface area contributed by atoms with E-state index < -0.39 is 36.7 Å². The molecule has 2 bridgehead atoms. The number of fused-ring (bicyclic) bond motifs is 1. The normalized spacial score (nSPS) is 42.7. The van der Waals surface area contributed by atoms with Gasteiger partial charge >= 0.3 is 5.97 Å². The molecule has 0 spiro atoms. The van der Waals surface area contributed by atoms with Crippen LogP contribution in [-0.2, 0) is 21.4 Å². The third-order valence-corrected chi connectivity index (χ3v) is 7.68. The first-order chi connectivity index (χ1) is 14.4. The SMILES string of the molecule is O=C(O)[C@H]1O[C@@H](Oc2ccc3c(c2)[C@]24CCCC[C@@H]2[C@H](C3)NCC4)[C@H](O)[C@@H](O)[C@@H]1O. The minimum absolute atomic E-state index is 0.131. The molecule has 1 aromatic carbocycles. The summed E-state index contributed by atoms with van der Waals surface area (Å²) in [4.78, 5) is 11.3. The maximum Gasteiger partial charge on any atom is 0.335 e. The number of carboxylic acids is 1. The standard InChI is InChI=1S/C22H29NO7/c24-16-17(25)19(20(27)28)30-21(18(16)26)29-12-5-4-11-9-15-13-3-1-2-6-22(13,7-8-23-15)14(11)10-12/h4-5,10,13,15-19,21,23-26H,1-3,6-9H2,(H,27,28)/t13-,15+,16+,17+,18-,19+,21-,22+/m1/s1. The number of aliphatic hydroxyl groups is 3. The molecule has 2 saturated heterocycles. The summed E-state index contributed by atoms with van der Waals surface area (Å²) < 4.78 is 11.1. The zero-order chi connectivity index (χ0) is 21.0. The summed E-state index contributed by atoms with van der Waals surface area (Å²) in [7, 11) is 0. The van der Waals surface area contributed by atoms with Gasteiger partial charge in [0.2, 0.25) is 6.29 Å². The minimum atomic E-state index is -1.73. The Bertz CT molecular complexity index is 828. The summed E-state index contributed by atoms with van der Waals surface area (Å²) >= 11 is 0. The van der Waals surface area contributed by atoms with Gasteiger partial charge in [0.1, 0.15) is 24.1 Å². The number of carbonyl (C=O) groups is 1. The molecule has 0 unspecified atom stereocenters. The van der Waals surface area contributed by atoms with Gasteiger partial charge in [0.25, 0.3) is 0 Å². The van der Waals surface area contributed by atoms with Gasteiger partial charge in [0.15, 0.2) is 6.10 Å². The molecule has 1 saturated carbocycles. The van der Waals surface area contributed by atoms with Crippen molar-refractivity contribution in [3.8, 4) is 5.75 Å². The lowest BCUT2D eigenvalue weighted by Crippen LogP contribution is -2.61. The lowest BCUT2D eigenvalue weighted by molar-refractivity contribution is -0.271. The van der Waals surface area contributed by atoms with Gasteiger partial charge < -0.3 is 35.2 Å². The zero-order valence-electron chi connectivity index (χ0n) is 16.7. The second-order valence-corrected chi connectivity index (χ2v) is 9.20. The fourth-order valence-corrected chi connectivity index (χ4v) is 6.26. The minimum Gasteiger partial charge on any atom is -0.479 e. The summed E-state index contributed by atoms with van der Waals surface area (Å²) in [6.07, 6.45) is -1.10. The van der Waals surface area contributed by atoms with Gasteiger partial charge in [-0.25, -0.2) is 4.79 Å². The molecule has 1 aromatic rings. The number of benzene rings is 1. The topological polar surface area (TPSA) is 128 Å². The van der Waals surface area contributed by atoms with E-state index in [1.807, 2.05) is 12.1 Å². The number of aliphatic hydroxyl groups excluding tert-OH is 3. The highest BCUT2D eigenvalue weighted by molar-refractivity contribution is 5.73. The first-order valence-electron chi connectivity index (χ1n) is 10.9. The molecule has 5 N–H and O–H groups in total. The summed E-state index contributed by atoms with van der Waals surface area (Å²) in [5.74, 6) is -0.342. The van der Waals surface area contributed by atoms with Crippen molar-refractivity contribution >= 4 is 5.97 Å². The highest BCUT2D eigenvalue weighted by Gasteiger charge is 2.52. The van der Waals surface area contributed by atoms with E-state index in [0.717, 1.165) is 25.8 Å². The number of hydrogen-bond acceptors (Lipinski definition) is 7. The Morgan fingerprint density at radius 1 is 1.13 bits per heavy atom. The maximum atomic E-state index is 11.3. The van der Waals surface area contributed by atoms with E-state index in [1.165, 1.54) is 30.4 Å². The fourth-order valence-electron chi connectivity index (χ4n) is 6.26. The van der Waals surface area contributed by atoms with Gasteiger partial charge in [0, 0.05) is 11.5 Å². The van der Waals surface area contributed by atoms with Crippen LogP contribution < -0.4 is 10.1 Å². The quantitative estimate of drug-likeness (QED) is 0.473. The number of carboxylic acid groups (broad SMARTS) is 1. The number of nitrogens with one attached hydrogen (secondary N) is 1. The molecule has 4 aliphatic rings. The Hall–Kier alpha value is -1.71. The predicted octanol–water partition coefficient (Wildman–Crippen LogP) is 0.304. The van der Waals surface area contributed by atoms with Crippen LogP contribution in [0.25, 0.3) is 0 Å². The molecule has 2 aliphatic heterocycles. The van der Waals surface area contributed by atoms with Crippen LogP contribution in [0.1, 0.15) is 43.2 Å². The van der Waals surface area contributed by atoms with Crippen molar-refractivity contribution in [3.05, 3.63) is 29.3 Å². The van der Waals surface area contributed by atoms with Crippen molar-refractivity contribution in [2.75, 3.05) is 6.54 Å². The lowest BCUT2D eigenvalue weighted by Gasteiger charge is -2.56. The molecule has 8 nitrogen and oxygen atoms in total. The van der Waals surface area contributed by atoms with Crippen LogP contribution >= 0.6 is 0 Å². The van der Waals surface area contributed by atoms with Crippen LogP contribution in [0.5, 0.6) is 5.75 Å².